The van der Waals surface area contributed by atoms with Gasteiger partial charge in [-0.1, -0.05) is 13.8 Å². The Labute approximate surface area is 99.5 Å². The van der Waals surface area contributed by atoms with Gasteiger partial charge in [-0.2, -0.15) is 0 Å². The molecule has 1 aliphatic rings. The van der Waals surface area contributed by atoms with Gasteiger partial charge in [0.2, 0.25) is 0 Å². The zero-order valence-corrected chi connectivity index (χ0v) is 11.2. The third kappa shape index (κ3) is 4.04. The topological polar surface area (TPSA) is 43.7 Å². The summed E-state index contributed by atoms with van der Waals surface area (Å²) in [5, 5.41) is 19.7. The standard InChI is InChI=1S/C13H27NO2/c1-11(15)12(2,3)10-14-8-5-6-13(4,16)7-9-14/h11,15-16H,5-10H2,1-4H3. The molecule has 2 N–H and O–H groups in total. The summed E-state index contributed by atoms with van der Waals surface area (Å²) in [5.41, 5.74) is -0.570. The highest BCUT2D eigenvalue weighted by Gasteiger charge is 2.30. The Balaban J connectivity index is 2.50. The molecule has 0 amide bonds. The van der Waals surface area contributed by atoms with Crippen molar-refractivity contribution in [2.75, 3.05) is 19.6 Å². The Kier molecular flexibility index (Phi) is 4.38. The lowest BCUT2D eigenvalue weighted by Gasteiger charge is -2.34. The van der Waals surface area contributed by atoms with Crippen LogP contribution in [0, 0.1) is 5.41 Å². The average Bonchev–Trinajstić information content (AvgIpc) is 2.27. The van der Waals surface area contributed by atoms with E-state index < -0.39 is 5.60 Å². The molecule has 2 unspecified atom stereocenters. The van der Waals surface area contributed by atoms with Crippen molar-refractivity contribution in [3.63, 3.8) is 0 Å². The summed E-state index contributed by atoms with van der Waals surface area (Å²) in [6, 6.07) is 0. The largest absolute Gasteiger partial charge is 0.393 e. The van der Waals surface area contributed by atoms with Crippen LogP contribution < -0.4 is 0 Å². The van der Waals surface area contributed by atoms with Gasteiger partial charge in [-0.15, -0.1) is 0 Å². The van der Waals surface area contributed by atoms with Gasteiger partial charge >= 0.3 is 0 Å². The number of aliphatic hydroxyl groups is 2. The molecule has 1 rings (SSSR count). The van der Waals surface area contributed by atoms with E-state index in [4.69, 9.17) is 0 Å². The molecule has 1 saturated heterocycles. The zero-order chi connectivity index (χ0) is 12.4. The summed E-state index contributed by atoms with van der Waals surface area (Å²) in [7, 11) is 0. The monoisotopic (exact) mass is 229 g/mol. The highest BCUT2D eigenvalue weighted by molar-refractivity contribution is 4.83. The molecule has 1 aliphatic heterocycles. The van der Waals surface area contributed by atoms with Gasteiger partial charge in [0.25, 0.3) is 0 Å². The van der Waals surface area contributed by atoms with Crippen LogP contribution in [-0.4, -0.2) is 46.5 Å². The van der Waals surface area contributed by atoms with Crippen molar-refractivity contribution < 1.29 is 10.2 Å². The van der Waals surface area contributed by atoms with Crippen molar-refractivity contribution in [1.29, 1.82) is 0 Å². The summed E-state index contributed by atoms with van der Waals surface area (Å²) < 4.78 is 0. The van der Waals surface area contributed by atoms with Crippen LogP contribution in [0.15, 0.2) is 0 Å². The third-order valence-corrected chi connectivity index (χ3v) is 3.92. The first-order valence-corrected chi connectivity index (χ1v) is 6.36. The molecule has 1 fully saturated rings. The van der Waals surface area contributed by atoms with Gasteiger partial charge in [-0.3, -0.25) is 0 Å². The van der Waals surface area contributed by atoms with Crippen molar-refractivity contribution in [2.24, 2.45) is 5.41 Å². The minimum Gasteiger partial charge on any atom is -0.393 e. The predicted octanol–water partition coefficient (Wildman–Crippen LogP) is 1.63. The van der Waals surface area contributed by atoms with Crippen LogP contribution in [0.4, 0.5) is 0 Å². The second-order valence-electron chi connectivity index (χ2n) is 6.29. The highest BCUT2D eigenvalue weighted by atomic mass is 16.3. The van der Waals surface area contributed by atoms with Crippen LogP contribution in [0.2, 0.25) is 0 Å². The lowest BCUT2D eigenvalue weighted by atomic mass is 9.87. The second kappa shape index (κ2) is 5.03. The van der Waals surface area contributed by atoms with Gasteiger partial charge in [0.05, 0.1) is 11.7 Å². The van der Waals surface area contributed by atoms with Crippen molar-refractivity contribution in [1.82, 2.24) is 4.90 Å². The molecule has 16 heavy (non-hydrogen) atoms. The lowest BCUT2D eigenvalue weighted by molar-refractivity contribution is 0.0262. The SMILES string of the molecule is CC(O)C(C)(C)CN1CCCC(C)(O)CC1. The maximum Gasteiger partial charge on any atom is 0.0632 e. The molecule has 0 aromatic carbocycles. The number of rotatable bonds is 3. The maximum absolute atomic E-state index is 10.0. The molecular weight excluding hydrogens is 202 g/mol. The second-order valence-corrected chi connectivity index (χ2v) is 6.29. The van der Waals surface area contributed by atoms with Crippen LogP contribution in [0.1, 0.15) is 47.0 Å². The molecule has 3 nitrogen and oxygen atoms in total. The quantitative estimate of drug-likeness (QED) is 0.773. The number of hydrogen-bond donors (Lipinski definition) is 2. The number of aliphatic hydroxyl groups excluding tert-OH is 1. The van der Waals surface area contributed by atoms with Gasteiger partial charge < -0.3 is 15.1 Å². The van der Waals surface area contributed by atoms with E-state index in [2.05, 4.69) is 18.7 Å². The normalized spacial score (nSPS) is 31.1. The zero-order valence-electron chi connectivity index (χ0n) is 11.2. The van der Waals surface area contributed by atoms with E-state index in [1.165, 1.54) is 0 Å². The van der Waals surface area contributed by atoms with Crippen molar-refractivity contribution in [2.45, 2.75) is 58.7 Å². The molecule has 0 saturated carbocycles. The summed E-state index contributed by atoms with van der Waals surface area (Å²) in [6.45, 7) is 10.8. The van der Waals surface area contributed by atoms with E-state index in [9.17, 15) is 10.2 Å². The first-order chi connectivity index (χ1) is 7.23. The van der Waals surface area contributed by atoms with Crippen molar-refractivity contribution in [3.05, 3.63) is 0 Å². The first-order valence-electron chi connectivity index (χ1n) is 6.36. The first kappa shape index (κ1) is 13.9. The summed E-state index contributed by atoms with van der Waals surface area (Å²) in [6.07, 6.45) is 2.47. The highest BCUT2D eigenvalue weighted by Crippen LogP contribution is 2.26. The minimum atomic E-state index is -0.496. The fourth-order valence-electron chi connectivity index (χ4n) is 2.19. The van der Waals surface area contributed by atoms with E-state index in [-0.39, 0.29) is 11.5 Å². The van der Waals surface area contributed by atoms with E-state index in [1.54, 1.807) is 0 Å². The predicted molar refractivity (Wildman–Crippen MR) is 66.4 cm³/mol. The van der Waals surface area contributed by atoms with Crippen LogP contribution in [0.3, 0.4) is 0 Å². The molecule has 0 bridgehead atoms. The molecule has 96 valence electrons. The smallest absolute Gasteiger partial charge is 0.0632 e. The van der Waals surface area contributed by atoms with Gasteiger partial charge in [0.15, 0.2) is 0 Å². The van der Waals surface area contributed by atoms with Gasteiger partial charge in [0.1, 0.15) is 0 Å². The summed E-state index contributed by atoms with van der Waals surface area (Å²) in [5.74, 6) is 0. The Hall–Kier alpha value is -0.120. The Morgan fingerprint density at radius 2 is 1.94 bits per heavy atom. The van der Waals surface area contributed by atoms with E-state index in [1.807, 2.05) is 13.8 Å². The fraction of sp³-hybridized carbons (Fsp3) is 1.00. The minimum absolute atomic E-state index is 0.0732. The maximum atomic E-state index is 10.0. The fourth-order valence-corrected chi connectivity index (χ4v) is 2.19. The van der Waals surface area contributed by atoms with E-state index in [0.29, 0.717) is 0 Å². The molecule has 0 spiro atoms. The van der Waals surface area contributed by atoms with E-state index >= 15 is 0 Å². The van der Waals surface area contributed by atoms with Gasteiger partial charge in [-0.25, -0.2) is 0 Å². The lowest BCUT2D eigenvalue weighted by Crippen LogP contribution is -2.41. The van der Waals surface area contributed by atoms with Crippen LogP contribution in [-0.2, 0) is 0 Å². The Bertz CT molecular complexity index is 224. The molecule has 1 heterocycles. The van der Waals surface area contributed by atoms with Gasteiger partial charge in [0, 0.05) is 18.5 Å². The van der Waals surface area contributed by atoms with Crippen LogP contribution >= 0.6 is 0 Å². The van der Waals surface area contributed by atoms with Gasteiger partial charge in [-0.05, 0) is 39.7 Å². The number of hydrogen-bond acceptors (Lipinski definition) is 3. The molecule has 0 aromatic heterocycles. The van der Waals surface area contributed by atoms with Crippen LogP contribution in [0.25, 0.3) is 0 Å². The van der Waals surface area contributed by atoms with Crippen LogP contribution in [0.5, 0.6) is 0 Å². The molecular formula is C13H27NO2. The number of nitrogens with zero attached hydrogens (tertiary/aromatic N) is 1. The molecule has 0 aliphatic carbocycles. The molecule has 2 atom stereocenters. The van der Waals surface area contributed by atoms with Crippen molar-refractivity contribution >= 4 is 0 Å². The molecule has 3 heteroatoms. The third-order valence-electron chi connectivity index (χ3n) is 3.92. The Morgan fingerprint density at radius 3 is 2.50 bits per heavy atom. The summed E-state index contributed by atoms with van der Waals surface area (Å²) >= 11 is 0. The molecule has 0 radical (unpaired) electrons. The van der Waals surface area contributed by atoms with E-state index in [0.717, 1.165) is 38.9 Å². The Morgan fingerprint density at radius 1 is 1.31 bits per heavy atom. The van der Waals surface area contributed by atoms with Crippen molar-refractivity contribution in [3.8, 4) is 0 Å². The average molecular weight is 229 g/mol. The summed E-state index contributed by atoms with van der Waals surface area (Å²) in [4.78, 5) is 2.37. The molecule has 0 aromatic rings. The number of likely N-dealkylation sites (tertiary alicyclic amines) is 1.